The summed E-state index contributed by atoms with van der Waals surface area (Å²) in [4.78, 5) is 25.8. The molecule has 2 aromatic heterocycles. The van der Waals surface area contributed by atoms with Crippen LogP contribution in [0.1, 0.15) is 18.2 Å². The van der Waals surface area contributed by atoms with Crippen LogP contribution in [0.4, 0.5) is 19.0 Å². The molecule has 2 fully saturated rings. The van der Waals surface area contributed by atoms with Gasteiger partial charge in [0.15, 0.2) is 0 Å². The molecule has 2 aliphatic heterocycles. The molecule has 28 heavy (non-hydrogen) atoms. The maximum atomic E-state index is 12.7. The van der Waals surface area contributed by atoms with Crippen LogP contribution in [0, 0.1) is 5.92 Å². The van der Waals surface area contributed by atoms with Gasteiger partial charge in [-0.05, 0) is 24.9 Å². The number of alkyl halides is 3. The minimum atomic E-state index is -4.24. The normalized spacial score (nSPS) is 23.6. The van der Waals surface area contributed by atoms with Crippen LogP contribution in [0.25, 0.3) is 10.2 Å². The molecule has 2 aliphatic rings. The summed E-state index contributed by atoms with van der Waals surface area (Å²) in [6.45, 7) is 5.36. The van der Waals surface area contributed by atoms with Gasteiger partial charge < -0.3 is 15.1 Å². The molecule has 0 saturated carbocycles. The van der Waals surface area contributed by atoms with Crippen LogP contribution in [0.5, 0.6) is 0 Å². The summed E-state index contributed by atoms with van der Waals surface area (Å²) >= 11 is 1.05. The first-order valence-electron chi connectivity index (χ1n) is 9.37. The van der Waals surface area contributed by atoms with Crippen molar-refractivity contribution in [1.82, 2.24) is 20.2 Å². The van der Waals surface area contributed by atoms with E-state index in [4.69, 9.17) is 0 Å². The van der Waals surface area contributed by atoms with E-state index in [-0.39, 0.29) is 16.8 Å². The lowest BCUT2D eigenvalue weighted by atomic mass is 10.1. The van der Waals surface area contributed by atoms with Crippen LogP contribution in [-0.2, 0) is 11.2 Å². The molecule has 4 heterocycles. The first-order chi connectivity index (χ1) is 13.3. The maximum Gasteiger partial charge on any atom is 0.393 e. The van der Waals surface area contributed by atoms with Crippen molar-refractivity contribution in [3.05, 3.63) is 17.3 Å². The molecule has 0 aliphatic carbocycles. The molecule has 1 N–H and O–H groups in total. The third kappa shape index (κ3) is 4.07. The van der Waals surface area contributed by atoms with E-state index in [1.807, 2.05) is 9.80 Å². The number of amides is 1. The Morgan fingerprint density at radius 1 is 1.29 bits per heavy atom. The summed E-state index contributed by atoms with van der Waals surface area (Å²) in [5.74, 6) is 1.29. The molecule has 0 bridgehead atoms. The molecule has 0 radical (unpaired) electrons. The van der Waals surface area contributed by atoms with Crippen molar-refractivity contribution in [3.63, 3.8) is 0 Å². The van der Waals surface area contributed by atoms with E-state index in [0.29, 0.717) is 48.1 Å². The SMILES string of the molecule is C[C@@H]1CN[C@H](C(=O)N2CCN(c3ncnc4sc(CC(F)(F)F)cc34)CC2)C1. The average molecular weight is 413 g/mol. The van der Waals surface area contributed by atoms with Gasteiger partial charge in [-0.1, -0.05) is 6.92 Å². The van der Waals surface area contributed by atoms with Gasteiger partial charge in [-0.15, -0.1) is 11.3 Å². The monoisotopic (exact) mass is 413 g/mol. The van der Waals surface area contributed by atoms with E-state index in [0.717, 1.165) is 24.3 Å². The van der Waals surface area contributed by atoms with Gasteiger partial charge in [-0.3, -0.25) is 4.79 Å². The molecule has 0 spiro atoms. The number of rotatable bonds is 3. The number of fused-ring (bicyclic) bond motifs is 1. The highest BCUT2D eigenvalue weighted by Gasteiger charge is 2.33. The van der Waals surface area contributed by atoms with Crippen molar-refractivity contribution in [2.45, 2.75) is 32.0 Å². The molecule has 152 valence electrons. The van der Waals surface area contributed by atoms with Crippen molar-refractivity contribution < 1.29 is 18.0 Å². The van der Waals surface area contributed by atoms with Crippen LogP contribution in [0.3, 0.4) is 0 Å². The number of nitrogens with one attached hydrogen (secondary N) is 1. The second-order valence-electron chi connectivity index (χ2n) is 7.53. The van der Waals surface area contributed by atoms with Gasteiger partial charge in [0.25, 0.3) is 0 Å². The Balaban J connectivity index is 1.45. The van der Waals surface area contributed by atoms with Crippen molar-refractivity contribution in [3.8, 4) is 0 Å². The zero-order valence-electron chi connectivity index (χ0n) is 15.5. The second kappa shape index (κ2) is 7.47. The second-order valence-corrected chi connectivity index (χ2v) is 8.65. The highest BCUT2D eigenvalue weighted by molar-refractivity contribution is 7.18. The Hall–Kier alpha value is -1.94. The number of carbonyl (C=O) groups is 1. The van der Waals surface area contributed by atoms with Crippen LogP contribution in [0.15, 0.2) is 12.4 Å². The van der Waals surface area contributed by atoms with Gasteiger partial charge in [0.2, 0.25) is 5.91 Å². The van der Waals surface area contributed by atoms with Crippen LogP contribution in [0.2, 0.25) is 0 Å². The van der Waals surface area contributed by atoms with Gasteiger partial charge in [0.05, 0.1) is 17.8 Å². The highest BCUT2D eigenvalue weighted by Crippen LogP contribution is 2.34. The Kier molecular flexibility index (Phi) is 5.17. The van der Waals surface area contributed by atoms with Gasteiger partial charge in [-0.2, -0.15) is 13.2 Å². The predicted molar refractivity (Wildman–Crippen MR) is 102 cm³/mol. The number of piperazine rings is 1. The summed E-state index contributed by atoms with van der Waals surface area (Å²) in [6, 6.07) is 1.44. The fourth-order valence-electron chi connectivity index (χ4n) is 3.89. The van der Waals surface area contributed by atoms with E-state index >= 15 is 0 Å². The summed E-state index contributed by atoms with van der Waals surface area (Å²) in [7, 11) is 0. The summed E-state index contributed by atoms with van der Waals surface area (Å²) < 4.78 is 38.1. The van der Waals surface area contributed by atoms with E-state index in [2.05, 4.69) is 22.2 Å². The number of thiophene rings is 1. The molecule has 2 aromatic rings. The first kappa shape index (κ1) is 19.4. The van der Waals surface area contributed by atoms with Crippen LogP contribution >= 0.6 is 11.3 Å². The van der Waals surface area contributed by atoms with Crippen molar-refractivity contribution in [1.29, 1.82) is 0 Å². The van der Waals surface area contributed by atoms with Crippen molar-refractivity contribution in [2.75, 3.05) is 37.6 Å². The Bertz CT molecular complexity index is 863. The van der Waals surface area contributed by atoms with Crippen molar-refractivity contribution >= 4 is 33.3 Å². The molecule has 0 aromatic carbocycles. The Labute approximate surface area is 164 Å². The van der Waals surface area contributed by atoms with Crippen LogP contribution in [-0.4, -0.2) is 65.7 Å². The predicted octanol–water partition coefficient (Wildman–Crippen LogP) is 2.44. The third-order valence-corrected chi connectivity index (χ3v) is 6.32. The molecule has 6 nitrogen and oxygen atoms in total. The maximum absolute atomic E-state index is 12.7. The number of anilines is 1. The lowest BCUT2D eigenvalue weighted by Crippen LogP contribution is -2.53. The molecule has 0 unspecified atom stereocenters. The number of hydrogen-bond acceptors (Lipinski definition) is 6. The fraction of sp³-hybridized carbons (Fsp3) is 0.611. The number of aromatic nitrogens is 2. The van der Waals surface area contributed by atoms with E-state index in [9.17, 15) is 18.0 Å². The minimum absolute atomic E-state index is 0.103. The molecular weight excluding hydrogens is 391 g/mol. The number of hydrogen-bond donors (Lipinski definition) is 1. The van der Waals surface area contributed by atoms with E-state index in [1.54, 1.807) is 6.07 Å². The third-order valence-electron chi connectivity index (χ3n) is 5.27. The van der Waals surface area contributed by atoms with Crippen molar-refractivity contribution in [2.24, 2.45) is 5.92 Å². The van der Waals surface area contributed by atoms with Crippen LogP contribution < -0.4 is 10.2 Å². The highest BCUT2D eigenvalue weighted by atomic mass is 32.1. The molecule has 4 rings (SSSR count). The quantitative estimate of drug-likeness (QED) is 0.838. The topological polar surface area (TPSA) is 61.4 Å². The Morgan fingerprint density at radius 3 is 2.68 bits per heavy atom. The van der Waals surface area contributed by atoms with Gasteiger partial charge in [0.1, 0.15) is 17.0 Å². The fourth-order valence-corrected chi connectivity index (χ4v) is 4.91. The summed E-state index contributed by atoms with van der Waals surface area (Å²) in [5.41, 5.74) is 0. The molecule has 1 amide bonds. The smallest absolute Gasteiger partial charge is 0.352 e. The zero-order chi connectivity index (χ0) is 19.9. The summed E-state index contributed by atoms with van der Waals surface area (Å²) in [5, 5.41) is 3.93. The molecule has 2 atom stereocenters. The Morgan fingerprint density at radius 2 is 2.04 bits per heavy atom. The summed E-state index contributed by atoms with van der Waals surface area (Å²) in [6.07, 6.45) is -2.94. The standard InChI is InChI=1S/C18H22F3N5OS/c1-11-6-14(22-9-11)17(27)26-4-2-25(3-5-26)15-13-7-12(8-18(19,20)21)28-16(13)24-10-23-15/h7,10-11,14,22H,2-6,8-9H2,1H3/t11-,14-/m0/s1. The first-order valence-corrected chi connectivity index (χ1v) is 10.2. The zero-order valence-corrected chi connectivity index (χ0v) is 16.3. The van der Waals surface area contributed by atoms with Gasteiger partial charge in [0, 0.05) is 31.1 Å². The lowest BCUT2D eigenvalue weighted by Gasteiger charge is -2.36. The molecular formula is C18H22F3N5OS. The number of halogens is 3. The average Bonchev–Trinajstić information content (AvgIpc) is 3.25. The minimum Gasteiger partial charge on any atom is -0.352 e. The lowest BCUT2D eigenvalue weighted by molar-refractivity contribution is -0.133. The molecule has 10 heteroatoms. The van der Waals surface area contributed by atoms with Gasteiger partial charge in [-0.25, -0.2) is 9.97 Å². The largest absolute Gasteiger partial charge is 0.393 e. The number of nitrogens with zero attached hydrogens (tertiary/aromatic N) is 4. The molecule has 2 saturated heterocycles. The van der Waals surface area contributed by atoms with E-state index in [1.165, 1.54) is 6.33 Å². The van der Waals surface area contributed by atoms with Gasteiger partial charge >= 0.3 is 6.18 Å². The van der Waals surface area contributed by atoms with E-state index < -0.39 is 12.6 Å². The number of carbonyl (C=O) groups excluding carboxylic acids is 1.